The monoisotopic (exact) mass is 671 g/mol. The molecule has 3 aliphatic heterocycles. The maximum atomic E-state index is 13.8. The number of hydrogen-bond donors (Lipinski definition) is 3. The number of piperazine rings is 1. The summed E-state index contributed by atoms with van der Waals surface area (Å²) in [6, 6.07) is 5.79. The fourth-order valence-electron chi connectivity index (χ4n) is 5.57. The largest absolute Gasteiger partial charge is 0.378 e. The molecule has 5 heterocycles. The van der Waals surface area contributed by atoms with Gasteiger partial charge in [0.25, 0.3) is 15.9 Å². The second kappa shape index (κ2) is 11.7. The molecule has 3 aliphatic rings. The first-order valence-corrected chi connectivity index (χ1v) is 17.8. The smallest absolute Gasteiger partial charge is 0.283 e. The van der Waals surface area contributed by atoms with Crippen LogP contribution >= 0.6 is 22.9 Å². The second-order valence-electron chi connectivity index (χ2n) is 10.6. The number of nitrogens with two attached hydrogens (primary N) is 1. The molecule has 0 radical (unpaired) electrons. The average Bonchev–Trinajstić information content (AvgIpc) is 3.61. The number of primary sulfonamides is 1. The lowest BCUT2D eigenvalue weighted by atomic mass is 10.1. The molecule has 14 nitrogen and oxygen atoms in total. The number of sulfonamides is 2. The number of rotatable bonds is 6. The van der Waals surface area contributed by atoms with Crippen molar-refractivity contribution in [2.75, 3.05) is 45.9 Å². The molecule has 0 spiro atoms. The minimum atomic E-state index is -4.00. The number of thiazole rings is 1. The zero-order valence-corrected chi connectivity index (χ0v) is 26.1. The van der Waals surface area contributed by atoms with Gasteiger partial charge in [0.1, 0.15) is 10.4 Å². The Hall–Kier alpha value is -2.64. The van der Waals surface area contributed by atoms with Crippen molar-refractivity contribution in [1.82, 2.24) is 29.4 Å². The second-order valence-corrected chi connectivity index (χ2v) is 15.8. The van der Waals surface area contributed by atoms with E-state index < -0.39 is 37.4 Å². The number of nitrogens with one attached hydrogen (secondary N) is 2. The van der Waals surface area contributed by atoms with Gasteiger partial charge in [0.2, 0.25) is 15.9 Å². The van der Waals surface area contributed by atoms with Crippen molar-refractivity contribution < 1.29 is 31.2 Å². The molecule has 6 rings (SSSR count). The summed E-state index contributed by atoms with van der Waals surface area (Å²) >= 11 is 7.23. The van der Waals surface area contributed by atoms with E-state index in [0.717, 1.165) is 16.2 Å². The van der Waals surface area contributed by atoms with Gasteiger partial charge in [0.05, 0.1) is 24.9 Å². The third-order valence-corrected chi connectivity index (χ3v) is 12.1. The molecule has 2 fully saturated rings. The highest BCUT2D eigenvalue weighted by Crippen LogP contribution is 2.30. The third-order valence-electron chi connectivity index (χ3n) is 7.88. The lowest BCUT2D eigenvalue weighted by molar-refractivity contribution is -0.136. The zero-order valence-electron chi connectivity index (χ0n) is 22.9. The van der Waals surface area contributed by atoms with Gasteiger partial charge in [0, 0.05) is 72.9 Å². The molecule has 2 atom stereocenters. The van der Waals surface area contributed by atoms with Crippen molar-refractivity contribution in [1.29, 1.82) is 0 Å². The van der Waals surface area contributed by atoms with Gasteiger partial charge in [0.15, 0.2) is 5.01 Å². The number of benzene rings is 1. The molecule has 2 amide bonds. The topological polar surface area (TPSA) is 188 Å². The zero-order chi connectivity index (χ0) is 30.5. The van der Waals surface area contributed by atoms with Crippen molar-refractivity contribution in [2.45, 2.75) is 35.8 Å². The van der Waals surface area contributed by atoms with E-state index in [1.54, 1.807) is 23.1 Å². The van der Waals surface area contributed by atoms with Crippen LogP contribution in [0, 0.1) is 0 Å². The molecule has 18 heteroatoms. The van der Waals surface area contributed by atoms with Gasteiger partial charge in [-0.1, -0.05) is 11.6 Å². The summed E-state index contributed by atoms with van der Waals surface area (Å²) in [5.74, 6) is -0.645. The van der Waals surface area contributed by atoms with Gasteiger partial charge in [-0.3, -0.25) is 14.9 Å². The molecule has 2 unspecified atom stereocenters. The maximum Gasteiger partial charge on any atom is 0.283 e. The van der Waals surface area contributed by atoms with E-state index in [9.17, 15) is 26.4 Å². The van der Waals surface area contributed by atoms with E-state index >= 15 is 0 Å². The fourth-order valence-corrected chi connectivity index (χ4v) is 8.93. The summed E-state index contributed by atoms with van der Waals surface area (Å²) in [5.41, 5.74) is 1.09. The summed E-state index contributed by atoms with van der Waals surface area (Å²) < 4.78 is 57.8. The fraction of sp³-hybridized carbons (Fsp3) is 0.480. The Morgan fingerprint density at radius 2 is 1.88 bits per heavy atom. The van der Waals surface area contributed by atoms with Crippen molar-refractivity contribution in [3.05, 3.63) is 44.9 Å². The summed E-state index contributed by atoms with van der Waals surface area (Å²) in [7, 11) is -7.86. The first-order valence-electron chi connectivity index (χ1n) is 13.6. The standard InChI is InChI=1S/C25H30ClN7O7S3/c26-16-1-2-18-15(9-16)10-22(29-18)43(38,39)32-3-4-33(17(14-32)11-23(34)31-5-7-40-8-6-31)25(35)24-30-19-12-21(42(27,36)37)28-13-20(19)41-24/h1-2,9-10,17,21,28-29H,3-8,11-14H2,(H2,27,36,37). The van der Waals surface area contributed by atoms with Crippen molar-refractivity contribution in [3.63, 3.8) is 0 Å². The summed E-state index contributed by atoms with van der Waals surface area (Å²) in [4.78, 5) is 38.4. The van der Waals surface area contributed by atoms with Crippen LogP contribution in [0.1, 0.15) is 26.8 Å². The SMILES string of the molecule is NS(=O)(=O)C1Cc2nc(C(=O)N3CCN(S(=O)(=O)c4cc5cc(Cl)ccc5[nH]4)CC3CC(=O)N3CCOCC3)sc2CN1. The highest BCUT2D eigenvalue weighted by atomic mass is 35.5. The van der Waals surface area contributed by atoms with Crippen molar-refractivity contribution >= 4 is 65.7 Å². The molecule has 2 saturated heterocycles. The average molecular weight is 672 g/mol. The van der Waals surface area contributed by atoms with Crippen LogP contribution in [0.4, 0.5) is 0 Å². The first kappa shape index (κ1) is 30.4. The molecule has 232 valence electrons. The van der Waals surface area contributed by atoms with Gasteiger partial charge >= 0.3 is 0 Å². The van der Waals surface area contributed by atoms with Crippen LogP contribution in [0.2, 0.25) is 5.02 Å². The number of nitrogens with zero attached hydrogens (tertiary/aromatic N) is 4. The minimum absolute atomic E-state index is 0.00652. The molecule has 0 bridgehead atoms. The molecule has 3 aromatic rings. The van der Waals surface area contributed by atoms with Gasteiger partial charge in [-0.15, -0.1) is 11.3 Å². The number of carbonyl (C=O) groups is 2. The number of morpholine rings is 1. The predicted octanol–water partition coefficient (Wildman–Crippen LogP) is 0.302. The Balaban J connectivity index is 1.26. The number of ether oxygens (including phenoxy) is 1. The van der Waals surface area contributed by atoms with Crippen molar-refractivity contribution in [3.8, 4) is 0 Å². The lowest BCUT2D eigenvalue weighted by Gasteiger charge is -2.41. The van der Waals surface area contributed by atoms with E-state index in [0.29, 0.717) is 47.9 Å². The Kier molecular flexibility index (Phi) is 8.27. The number of halogens is 1. The molecule has 0 aliphatic carbocycles. The highest BCUT2D eigenvalue weighted by Gasteiger charge is 2.40. The van der Waals surface area contributed by atoms with Crippen LogP contribution in [0.5, 0.6) is 0 Å². The number of amides is 2. The van der Waals surface area contributed by atoms with Crippen LogP contribution in [0.15, 0.2) is 29.3 Å². The lowest BCUT2D eigenvalue weighted by Crippen LogP contribution is -2.58. The number of aromatic amines is 1. The number of carbonyl (C=O) groups excluding carboxylic acids is 2. The van der Waals surface area contributed by atoms with E-state index in [-0.39, 0.29) is 55.0 Å². The van der Waals surface area contributed by atoms with E-state index in [1.165, 1.54) is 15.3 Å². The minimum Gasteiger partial charge on any atom is -0.378 e. The van der Waals surface area contributed by atoms with Crippen LogP contribution < -0.4 is 10.5 Å². The third kappa shape index (κ3) is 6.17. The number of H-pyrrole nitrogens is 1. The number of hydrogen-bond acceptors (Lipinski definition) is 10. The molecule has 2 aromatic heterocycles. The number of fused-ring (bicyclic) bond motifs is 2. The van der Waals surface area contributed by atoms with Crippen LogP contribution in [-0.2, 0) is 42.5 Å². The normalized spacial score (nSPS) is 22.1. The van der Waals surface area contributed by atoms with Crippen molar-refractivity contribution in [2.24, 2.45) is 5.14 Å². The van der Waals surface area contributed by atoms with Crippen LogP contribution in [0.25, 0.3) is 10.9 Å². The molecular formula is C25H30ClN7O7S3. The van der Waals surface area contributed by atoms with Gasteiger partial charge < -0.3 is 19.5 Å². The summed E-state index contributed by atoms with van der Waals surface area (Å²) in [6.45, 7) is 1.78. The Morgan fingerprint density at radius 1 is 1.12 bits per heavy atom. The quantitative estimate of drug-likeness (QED) is 0.331. The van der Waals surface area contributed by atoms with Crippen LogP contribution in [0.3, 0.4) is 0 Å². The highest BCUT2D eigenvalue weighted by molar-refractivity contribution is 7.89. The van der Waals surface area contributed by atoms with Gasteiger partial charge in [-0.05, 0) is 24.3 Å². The van der Waals surface area contributed by atoms with Crippen LogP contribution in [-0.4, -0.2) is 110 Å². The van der Waals surface area contributed by atoms with E-state index in [1.807, 2.05) is 0 Å². The Bertz CT molecular complexity index is 1790. The van der Waals surface area contributed by atoms with E-state index in [2.05, 4.69) is 15.3 Å². The maximum absolute atomic E-state index is 13.8. The molecule has 0 saturated carbocycles. The molecule has 4 N–H and O–H groups in total. The Morgan fingerprint density at radius 3 is 2.63 bits per heavy atom. The Labute approximate surface area is 257 Å². The number of aromatic nitrogens is 2. The first-order chi connectivity index (χ1) is 20.4. The summed E-state index contributed by atoms with van der Waals surface area (Å²) in [6.07, 6.45) is -0.0567. The molecule has 1 aromatic carbocycles. The molecular weight excluding hydrogens is 642 g/mol. The molecule has 43 heavy (non-hydrogen) atoms. The van der Waals surface area contributed by atoms with Gasteiger partial charge in [-0.2, -0.15) is 4.31 Å². The van der Waals surface area contributed by atoms with E-state index in [4.69, 9.17) is 21.5 Å². The summed E-state index contributed by atoms with van der Waals surface area (Å²) in [5, 5.41) is 8.42. The predicted molar refractivity (Wildman–Crippen MR) is 158 cm³/mol. The van der Waals surface area contributed by atoms with Gasteiger partial charge in [-0.25, -0.2) is 27.0 Å².